The van der Waals surface area contributed by atoms with Gasteiger partial charge < -0.3 is 9.52 Å². The smallest absolute Gasteiger partial charge is 0.231 e. The van der Waals surface area contributed by atoms with E-state index in [1.807, 2.05) is 36.5 Å². The fraction of sp³-hybridized carbons (Fsp3) is 0.105. The predicted octanol–water partition coefficient (Wildman–Crippen LogP) is 10.0. The fourth-order valence-electron chi connectivity index (χ4n) is 5.58. The number of pyridine rings is 1. The van der Waals surface area contributed by atoms with Crippen LogP contribution in [0.25, 0.3) is 66.8 Å². The Morgan fingerprint density at radius 3 is 2.07 bits per heavy atom. The Labute approximate surface area is 245 Å². The molecule has 0 fully saturated rings. The van der Waals surface area contributed by atoms with Crippen molar-refractivity contribution in [2.24, 2.45) is 0 Å². The van der Waals surface area contributed by atoms with E-state index in [0.717, 1.165) is 38.7 Å². The summed E-state index contributed by atoms with van der Waals surface area (Å²) in [5.41, 5.74) is 10.7. The van der Waals surface area contributed by atoms with Gasteiger partial charge in [0.05, 0.1) is 11.1 Å². The van der Waals surface area contributed by atoms with Gasteiger partial charge in [-0.3, -0.25) is 4.98 Å². The minimum absolute atomic E-state index is 0.0456. The van der Waals surface area contributed by atoms with E-state index in [1.165, 1.54) is 16.7 Å². The van der Waals surface area contributed by atoms with Crippen LogP contribution in [0.2, 0.25) is 0 Å². The monoisotopic (exact) mass is 546 g/mol. The van der Waals surface area contributed by atoms with E-state index in [1.54, 1.807) is 12.1 Å². The molecule has 7 aromatic rings. The quantitative estimate of drug-likeness (QED) is 0.239. The zero-order chi connectivity index (χ0) is 28.8. The molecule has 1 N–H and O–H groups in total. The lowest BCUT2D eigenvalue weighted by molar-refractivity contribution is 0.474. The number of phenols is 1. The van der Waals surface area contributed by atoms with Crippen molar-refractivity contribution in [3.63, 3.8) is 0 Å². The molecule has 4 nitrogen and oxygen atoms in total. The van der Waals surface area contributed by atoms with Crippen molar-refractivity contribution in [2.45, 2.75) is 26.2 Å². The van der Waals surface area contributed by atoms with Gasteiger partial charge in [-0.25, -0.2) is 4.98 Å². The second-order valence-electron chi connectivity index (χ2n) is 11.7. The molecule has 7 rings (SSSR count). The summed E-state index contributed by atoms with van der Waals surface area (Å²) < 4.78 is 6.10. The Morgan fingerprint density at radius 1 is 0.595 bits per heavy atom. The van der Waals surface area contributed by atoms with Crippen molar-refractivity contribution in [1.82, 2.24) is 9.97 Å². The number of hydrogen-bond donors (Lipinski definition) is 1. The average molecular weight is 547 g/mol. The molecule has 0 saturated heterocycles. The van der Waals surface area contributed by atoms with Crippen LogP contribution in [0.1, 0.15) is 26.3 Å². The predicted molar refractivity (Wildman–Crippen MR) is 171 cm³/mol. The van der Waals surface area contributed by atoms with Crippen LogP contribution in [-0.2, 0) is 5.41 Å². The number of hydrogen-bond acceptors (Lipinski definition) is 4. The van der Waals surface area contributed by atoms with Gasteiger partial charge in [0.25, 0.3) is 0 Å². The van der Waals surface area contributed by atoms with Crippen molar-refractivity contribution < 1.29 is 9.52 Å². The molecule has 0 atom stereocenters. The Morgan fingerprint density at radius 2 is 1.29 bits per heavy atom. The summed E-state index contributed by atoms with van der Waals surface area (Å²) in [6.07, 6.45) is 1.91. The number of phenolic OH excluding ortho intramolecular Hbond substituents is 1. The maximum Gasteiger partial charge on any atom is 0.231 e. The second kappa shape index (κ2) is 10.0. The first kappa shape index (κ1) is 25.7. The first-order valence-electron chi connectivity index (χ1n) is 14.1. The summed E-state index contributed by atoms with van der Waals surface area (Å²) in [5.74, 6) is 0.536. The molecule has 0 amide bonds. The van der Waals surface area contributed by atoms with Crippen LogP contribution >= 0.6 is 0 Å². The van der Waals surface area contributed by atoms with Crippen molar-refractivity contribution >= 4 is 22.0 Å². The third kappa shape index (κ3) is 4.51. The molecule has 0 saturated carbocycles. The number of fused-ring (bicyclic) bond motifs is 2. The van der Waals surface area contributed by atoms with E-state index in [-0.39, 0.29) is 11.2 Å². The molecule has 5 aromatic carbocycles. The molecule has 0 aliphatic heterocycles. The van der Waals surface area contributed by atoms with Gasteiger partial charge in [-0.1, -0.05) is 93.6 Å². The molecule has 0 aliphatic carbocycles. The van der Waals surface area contributed by atoms with E-state index in [2.05, 4.69) is 93.6 Å². The van der Waals surface area contributed by atoms with Crippen LogP contribution in [-0.4, -0.2) is 15.1 Å². The second-order valence-corrected chi connectivity index (χ2v) is 11.7. The first-order chi connectivity index (χ1) is 20.4. The Bertz CT molecular complexity index is 2090. The molecule has 2 aromatic heterocycles. The van der Waals surface area contributed by atoms with Crippen molar-refractivity contribution in [1.29, 1.82) is 0 Å². The van der Waals surface area contributed by atoms with Crippen molar-refractivity contribution in [3.8, 4) is 50.6 Å². The Hall–Kier alpha value is -5.22. The van der Waals surface area contributed by atoms with Gasteiger partial charge in [0.2, 0.25) is 5.89 Å². The molecule has 42 heavy (non-hydrogen) atoms. The van der Waals surface area contributed by atoms with Gasteiger partial charge in [0.1, 0.15) is 11.3 Å². The van der Waals surface area contributed by atoms with Crippen LogP contribution < -0.4 is 0 Å². The molecular formula is C38H30N2O2. The van der Waals surface area contributed by atoms with Crippen LogP contribution in [0.3, 0.4) is 0 Å². The largest absolute Gasteiger partial charge is 0.507 e. The van der Waals surface area contributed by atoms with Gasteiger partial charge in [-0.2, -0.15) is 0 Å². The van der Waals surface area contributed by atoms with E-state index < -0.39 is 0 Å². The molecular weight excluding hydrogens is 516 g/mol. The molecule has 0 spiro atoms. The number of para-hydroxylation sites is 2. The molecule has 0 aliphatic rings. The van der Waals surface area contributed by atoms with Gasteiger partial charge in [-0.15, -0.1) is 0 Å². The topological polar surface area (TPSA) is 59.2 Å². The summed E-state index contributed by atoms with van der Waals surface area (Å²) in [7, 11) is 0. The van der Waals surface area contributed by atoms with Crippen LogP contribution in [0.5, 0.6) is 5.75 Å². The number of oxazole rings is 1. The SMILES string of the molecule is CC(C)(C)c1cc(-c2cccc(-c3cccc4oc(-c5ccccc5O)nc34)c2)c2nccc(-c3ccccc3)c2c1. The molecule has 2 heterocycles. The third-order valence-corrected chi connectivity index (χ3v) is 7.83. The van der Waals surface area contributed by atoms with E-state index in [4.69, 9.17) is 14.4 Å². The lowest BCUT2D eigenvalue weighted by Gasteiger charge is -2.22. The van der Waals surface area contributed by atoms with Crippen LogP contribution in [0.4, 0.5) is 0 Å². The summed E-state index contributed by atoms with van der Waals surface area (Å²) >= 11 is 0. The summed E-state index contributed by atoms with van der Waals surface area (Å²) in [6.45, 7) is 6.75. The van der Waals surface area contributed by atoms with Crippen molar-refractivity contribution in [2.75, 3.05) is 0 Å². The van der Waals surface area contributed by atoms with Crippen LogP contribution in [0.15, 0.2) is 126 Å². The van der Waals surface area contributed by atoms with E-state index in [9.17, 15) is 5.11 Å². The molecule has 0 unspecified atom stereocenters. The minimum atomic E-state index is -0.0456. The molecule has 4 heteroatoms. The fourth-order valence-corrected chi connectivity index (χ4v) is 5.58. The summed E-state index contributed by atoms with van der Waals surface area (Å²) in [6, 6.07) is 38.8. The Kier molecular flexibility index (Phi) is 6.13. The highest BCUT2D eigenvalue weighted by atomic mass is 16.3. The zero-order valence-electron chi connectivity index (χ0n) is 23.8. The standard InChI is InChI=1S/C38H30N2O2/c1-38(2,3)27-22-31(35-32(23-27)28(19-20-39-35)24-11-5-4-6-12-24)26-14-9-13-25(21-26)29-16-10-18-34-36(29)40-37(42-34)30-15-7-8-17-33(30)41/h4-23,41H,1-3H3. The van der Waals surface area contributed by atoms with Crippen molar-refractivity contribution in [3.05, 3.63) is 127 Å². The highest BCUT2D eigenvalue weighted by molar-refractivity contribution is 6.03. The number of aromatic hydroxyl groups is 1. The zero-order valence-corrected chi connectivity index (χ0v) is 23.8. The lowest BCUT2D eigenvalue weighted by atomic mass is 9.83. The van der Waals surface area contributed by atoms with Gasteiger partial charge >= 0.3 is 0 Å². The van der Waals surface area contributed by atoms with Gasteiger partial charge in [-0.05, 0) is 75.7 Å². The third-order valence-electron chi connectivity index (χ3n) is 7.83. The highest BCUT2D eigenvalue weighted by Gasteiger charge is 2.20. The van der Waals surface area contributed by atoms with E-state index in [0.29, 0.717) is 17.0 Å². The average Bonchev–Trinajstić information content (AvgIpc) is 3.45. The van der Waals surface area contributed by atoms with Crippen LogP contribution in [0, 0.1) is 0 Å². The molecule has 0 radical (unpaired) electrons. The number of aromatic nitrogens is 2. The molecule has 0 bridgehead atoms. The maximum atomic E-state index is 10.4. The number of rotatable bonds is 4. The van der Waals surface area contributed by atoms with Gasteiger partial charge in [0, 0.05) is 22.7 Å². The maximum absolute atomic E-state index is 10.4. The normalized spacial score (nSPS) is 11.8. The first-order valence-corrected chi connectivity index (χ1v) is 14.1. The van der Waals surface area contributed by atoms with Gasteiger partial charge in [0.15, 0.2) is 5.58 Å². The number of benzene rings is 5. The summed E-state index contributed by atoms with van der Waals surface area (Å²) in [4.78, 5) is 9.74. The Balaban J connectivity index is 1.42. The lowest BCUT2D eigenvalue weighted by Crippen LogP contribution is -2.11. The summed E-state index contributed by atoms with van der Waals surface area (Å²) in [5, 5.41) is 11.5. The highest BCUT2D eigenvalue weighted by Crippen LogP contribution is 2.40. The van der Waals surface area contributed by atoms with E-state index >= 15 is 0 Å². The molecule has 204 valence electrons. The number of nitrogens with zero attached hydrogens (tertiary/aromatic N) is 2. The minimum Gasteiger partial charge on any atom is -0.507 e.